The predicted molar refractivity (Wildman–Crippen MR) is 124 cm³/mol. The minimum absolute atomic E-state index is 0.250. The highest BCUT2D eigenvalue weighted by Gasteiger charge is 2.26. The molecular formula is C24H32N6O. The van der Waals surface area contributed by atoms with E-state index in [2.05, 4.69) is 37.7 Å². The molecule has 4 rings (SSSR count). The Kier molecular flexibility index (Phi) is 6.20. The van der Waals surface area contributed by atoms with Crippen LogP contribution in [0.1, 0.15) is 52.3 Å². The van der Waals surface area contributed by atoms with E-state index in [1.165, 1.54) is 0 Å². The first kappa shape index (κ1) is 21.3. The molecule has 0 radical (unpaired) electrons. The topological polar surface area (TPSA) is 67.2 Å². The first-order valence-electron chi connectivity index (χ1n) is 11.3. The summed E-state index contributed by atoms with van der Waals surface area (Å²) in [6.07, 6.45) is 3.45. The van der Waals surface area contributed by atoms with Gasteiger partial charge in [-0.15, -0.1) is 0 Å². The number of nitrogens with zero attached hydrogens (tertiary/aromatic N) is 6. The number of hydrogen-bond acceptors (Lipinski definition) is 5. The van der Waals surface area contributed by atoms with Gasteiger partial charge < -0.3 is 9.80 Å². The summed E-state index contributed by atoms with van der Waals surface area (Å²) >= 11 is 0. The molecule has 0 bridgehead atoms. The molecule has 3 aromatic rings. The van der Waals surface area contributed by atoms with Crippen LogP contribution in [-0.2, 0) is 4.79 Å². The summed E-state index contributed by atoms with van der Waals surface area (Å²) in [5, 5.41) is 5.60. The van der Waals surface area contributed by atoms with Crippen LogP contribution in [0.25, 0.3) is 16.7 Å². The van der Waals surface area contributed by atoms with Crippen LogP contribution in [0.3, 0.4) is 0 Å². The lowest BCUT2D eigenvalue weighted by Crippen LogP contribution is -2.49. The fourth-order valence-electron chi connectivity index (χ4n) is 3.96. The van der Waals surface area contributed by atoms with Crippen molar-refractivity contribution in [2.75, 3.05) is 31.1 Å². The minimum Gasteiger partial charge on any atom is -0.352 e. The van der Waals surface area contributed by atoms with Crippen molar-refractivity contribution in [1.29, 1.82) is 0 Å². The van der Waals surface area contributed by atoms with E-state index in [1.807, 2.05) is 46.1 Å². The second-order valence-electron chi connectivity index (χ2n) is 8.81. The molecule has 1 aliphatic rings. The zero-order chi connectivity index (χ0) is 22.0. The molecule has 0 aliphatic carbocycles. The van der Waals surface area contributed by atoms with E-state index in [9.17, 15) is 4.79 Å². The molecule has 164 valence electrons. The number of piperazine rings is 1. The smallest absolute Gasteiger partial charge is 0.222 e. The van der Waals surface area contributed by atoms with Gasteiger partial charge in [0.25, 0.3) is 0 Å². The maximum absolute atomic E-state index is 12.5. The maximum Gasteiger partial charge on any atom is 0.222 e. The molecular weight excluding hydrogens is 388 g/mol. The van der Waals surface area contributed by atoms with E-state index >= 15 is 0 Å². The second-order valence-corrected chi connectivity index (χ2v) is 8.81. The van der Waals surface area contributed by atoms with Crippen molar-refractivity contribution in [1.82, 2.24) is 24.6 Å². The van der Waals surface area contributed by atoms with E-state index in [0.29, 0.717) is 12.3 Å². The number of anilines is 1. The highest BCUT2D eigenvalue weighted by Crippen LogP contribution is 2.29. The van der Waals surface area contributed by atoms with Gasteiger partial charge in [0, 0.05) is 38.5 Å². The third kappa shape index (κ3) is 4.40. The lowest BCUT2D eigenvalue weighted by atomic mass is 10.1. The minimum atomic E-state index is 0.250. The number of hydrogen-bond donors (Lipinski definition) is 0. The van der Waals surface area contributed by atoms with Crippen LogP contribution >= 0.6 is 0 Å². The van der Waals surface area contributed by atoms with Crippen molar-refractivity contribution in [2.45, 2.75) is 46.5 Å². The Morgan fingerprint density at radius 1 is 1.03 bits per heavy atom. The van der Waals surface area contributed by atoms with Gasteiger partial charge in [0.15, 0.2) is 5.65 Å². The van der Waals surface area contributed by atoms with Crippen molar-refractivity contribution < 1.29 is 4.79 Å². The summed E-state index contributed by atoms with van der Waals surface area (Å²) in [4.78, 5) is 26.6. The fraction of sp³-hybridized carbons (Fsp3) is 0.500. The average molecular weight is 421 g/mol. The molecule has 0 unspecified atom stereocenters. The Morgan fingerprint density at radius 3 is 2.39 bits per heavy atom. The zero-order valence-electron chi connectivity index (χ0n) is 19.0. The molecule has 1 aliphatic heterocycles. The number of carbonyl (C=O) groups is 1. The number of para-hydroxylation sites is 1. The molecule has 31 heavy (non-hydrogen) atoms. The molecule has 7 heteroatoms. The van der Waals surface area contributed by atoms with Gasteiger partial charge in [-0.1, -0.05) is 45.9 Å². The maximum atomic E-state index is 12.5. The number of carbonyl (C=O) groups excluding carboxylic acids is 1. The van der Waals surface area contributed by atoms with E-state index in [0.717, 1.165) is 61.0 Å². The molecule has 1 saturated heterocycles. The monoisotopic (exact) mass is 420 g/mol. The number of benzene rings is 1. The third-order valence-corrected chi connectivity index (χ3v) is 5.99. The Labute approximate surface area is 184 Å². The highest BCUT2D eigenvalue weighted by atomic mass is 16.2. The van der Waals surface area contributed by atoms with Crippen LogP contribution in [0, 0.1) is 5.92 Å². The number of rotatable bonds is 6. The SMILES string of the molecule is CC[C@H](C)c1nc(N2CCN(C(=O)CC(C)C)CC2)c2cnn(-c3ccccc3)c2n1. The molecule has 1 aromatic carbocycles. The van der Waals surface area contributed by atoms with Gasteiger partial charge in [-0.3, -0.25) is 4.79 Å². The van der Waals surface area contributed by atoms with Crippen LogP contribution < -0.4 is 4.90 Å². The predicted octanol–water partition coefficient (Wildman–Crippen LogP) is 4.02. The Balaban J connectivity index is 1.68. The first-order valence-corrected chi connectivity index (χ1v) is 11.3. The van der Waals surface area contributed by atoms with Gasteiger partial charge in [-0.25, -0.2) is 14.6 Å². The fourth-order valence-corrected chi connectivity index (χ4v) is 3.96. The van der Waals surface area contributed by atoms with Crippen LogP contribution in [-0.4, -0.2) is 56.7 Å². The zero-order valence-corrected chi connectivity index (χ0v) is 19.0. The summed E-state index contributed by atoms with van der Waals surface area (Å²) in [6, 6.07) is 10.1. The van der Waals surface area contributed by atoms with Gasteiger partial charge >= 0.3 is 0 Å². The summed E-state index contributed by atoms with van der Waals surface area (Å²) < 4.78 is 1.90. The van der Waals surface area contributed by atoms with Crippen molar-refractivity contribution in [2.24, 2.45) is 5.92 Å². The lowest BCUT2D eigenvalue weighted by molar-refractivity contribution is -0.132. The third-order valence-electron chi connectivity index (χ3n) is 5.99. The normalized spacial score (nSPS) is 15.6. The van der Waals surface area contributed by atoms with Crippen LogP contribution in [0.5, 0.6) is 0 Å². The van der Waals surface area contributed by atoms with Gasteiger partial charge in [0.2, 0.25) is 5.91 Å². The Hall–Kier alpha value is -2.96. The van der Waals surface area contributed by atoms with Crippen molar-refractivity contribution in [3.8, 4) is 5.69 Å². The summed E-state index contributed by atoms with van der Waals surface area (Å²) in [5.74, 6) is 2.67. The van der Waals surface area contributed by atoms with Gasteiger partial charge in [0.05, 0.1) is 17.3 Å². The Morgan fingerprint density at radius 2 is 1.74 bits per heavy atom. The van der Waals surface area contributed by atoms with E-state index in [-0.39, 0.29) is 11.8 Å². The summed E-state index contributed by atoms with van der Waals surface area (Å²) in [5.41, 5.74) is 1.83. The van der Waals surface area contributed by atoms with Crippen LogP contribution in [0.2, 0.25) is 0 Å². The quantitative estimate of drug-likeness (QED) is 0.602. The molecule has 0 spiro atoms. The largest absolute Gasteiger partial charge is 0.352 e. The van der Waals surface area contributed by atoms with Gasteiger partial charge in [-0.05, 0) is 24.5 Å². The molecule has 1 atom stereocenters. The van der Waals surface area contributed by atoms with Gasteiger partial charge in [0.1, 0.15) is 11.6 Å². The van der Waals surface area contributed by atoms with E-state index < -0.39 is 0 Å². The molecule has 3 heterocycles. The molecule has 1 amide bonds. The number of aromatic nitrogens is 4. The first-order chi connectivity index (χ1) is 15.0. The van der Waals surface area contributed by atoms with Crippen LogP contribution in [0.15, 0.2) is 36.5 Å². The summed E-state index contributed by atoms with van der Waals surface area (Å²) in [6.45, 7) is 11.5. The molecule has 7 nitrogen and oxygen atoms in total. The van der Waals surface area contributed by atoms with Gasteiger partial charge in [-0.2, -0.15) is 5.10 Å². The van der Waals surface area contributed by atoms with E-state index in [4.69, 9.17) is 9.97 Å². The Bertz CT molecular complexity index is 1040. The van der Waals surface area contributed by atoms with Crippen molar-refractivity contribution in [3.63, 3.8) is 0 Å². The van der Waals surface area contributed by atoms with E-state index in [1.54, 1.807) is 0 Å². The molecule has 0 N–H and O–H groups in total. The molecule has 0 saturated carbocycles. The summed E-state index contributed by atoms with van der Waals surface area (Å²) in [7, 11) is 0. The second kappa shape index (κ2) is 9.04. The lowest BCUT2D eigenvalue weighted by Gasteiger charge is -2.36. The number of amides is 1. The van der Waals surface area contributed by atoms with Crippen molar-refractivity contribution >= 4 is 22.8 Å². The van der Waals surface area contributed by atoms with Crippen LogP contribution in [0.4, 0.5) is 5.82 Å². The molecule has 1 fully saturated rings. The van der Waals surface area contributed by atoms with Crippen molar-refractivity contribution in [3.05, 3.63) is 42.4 Å². The number of fused-ring (bicyclic) bond motifs is 1. The molecule has 2 aromatic heterocycles. The standard InChI is InChI=1S/C24H32N6O/c1-5-18(4)22-26-23(29-13-11-28(12-14-29)21(31)15-17(2)3)20-16-25-30(24(20)27-22)19-9-7-6-8-10-19/h6-10,16-18H,5,11-15H2,1-4H3/t18-/m0/s1. The average Bonchev–Trinajstić information content (AvgIpc) is 3.22. The highest BCUT2D eigenvalue weighted by molar-refractivity contribution is 5.88.